The average molecular weight is 534 g/mol. The van der Waals surface area contributed by atoms with Gasteiger partial charge in [0.15, 0.2) is 4.80 Å². The fourth-order valence-electron chi connectivity index (χ4n) is 3.95. The molecule has 186 valence electrons. The summed E-state index contributed by atoms with van der Waals surface area (Å²) in [6, 6.07) is 7.90. The molecule has 4 rings (SSSR count). The summed E-state index contributed by atoms with van der Waals surface area (Å²) in [5.41, 5.74) is 2.49. The molecule has 3 aromatic rings. The van der Waals surface area contributed by atoms with Crippen LogP contribution in [0.15, 0.2) is 29.3 Å². The Labute approximate surface area is 215 Å². The third kappa shape index (κ3) is 6.03. The average Bonchev–Trinajstić information content (AvgIpc) is 3.50. The summed E-state index contributed by atoms with van der Waals surface area (Å²) in [5, 5.41) is 3.39. The van der Waals surface area contributed by atoms with Crippen molar-refractivity contribution in [1.82, 2.24) is 4.57 Å². The van der Waals surface area contributed by atoms with Crippen LogP contribution in [0.3, 0.4) is 0 Å². The van der Waals surface area contributed by atoms with Crippen LogP contribution in [0.1, 0.15) is 34.1 Å². The molecule has 35 heavy (non-hydrogen) atoms. The van der Waals surface area contributed by atoms with Gasteiger partial charge in [-0.25, -0.2) is 4.79 Å². The van der Waals surface area contributed by atoms with Gasteiger partial charge in [-0.1, -0.05) is 23.5 Å². The summed E-state index contributed by atoms with van der Waals surface area (Å²) in [4.78, 5) is 43.6. The molecule has 2 heterocycles. The first-order valence-electron chi connectivity index (χ1n) is 11.4. The molecule has 11 heteroatoms. The van der Waals surface area contributed by atoms with Crippen molar-refractivity contribution in [1.29, 1.82) is 0 Å². The van der Waals surface area contributed by atoms with Crippen LogP contribution in [0, 0.1) is 0 Å². The van der Waals surface area contributed by atoms with E-state index in [0.717, 1.165) is 39.9 Å². The standard InChI is InChI=1S/C24H27N3O5S3/c1-3-32-23(30)21-15-7-6-10-17(15)34-22(21)25-19(28)13-33-14-20(29)26-24-27(11-12-31-2)16-8-4-5-9-18(16)35-24/h4-5,8-9H,3,6-7,10-14H2,1-2H3,(H,25,28). The predicted octanol–water partition coefficient (Wildman–Crippen LogP) is 3.88. The number of amides is 2. The molecule has 0 aliphatic heterocycles. The zero-order valence-corrected chi connectivity index (χ0v) is 22.1. The number of para-hydroxylation sites is 1. The van der Waals surface area contributed by atoms with Crippen LogP contribution < -0.4 is 10.1 Å². The van der Waals surface area contributed by atoms with E-state index in [2.05, 4.69) is 10.3 Å². The minimum Gasteiger partial charge on any atom is -0.462 e. The van der Waals surface area contributed by atoms with Gasteiger partial charge >= 0.3 is 5.97 Å². The third-order valence-corrected chi connectivity index (χ3v) is 8.62. The van der Waals surface area contributed by atoms with Crippen molar-refractivity contribution < 1.29 is 23.9 Å². The van der Waals surface area contributed by atoms with Crippen LogP contribution in [0.25, 0.3) is 10.2 Å². The molecular formula is C24H27N3O5S3. The fourth-order valence-corrected chi connectivity index (χ4v) is 6.91. The number of methoxy groups -OCH3 is 1. The van der Waals surface area contributed by atoms with Gasteiger partial charge < -0.3 is 19.4 Å². The number of thiazole rings is 1. The molecule has 1 aliphatic rings. The molecule has 8 nitrogen and oxygen atoms in total. The number of carbonyl (C=O) groups excluding carboxylic acids is 3. The second kappa shape index (κ2) is 12.0. The molecule has 1 N–H and O–H groups in total. The minimum absolute atomic E-state index is 0.0810. The zero-order valence-electron chi connectivity index (χ0n) is 19.6. The Morgan fingerprint density at radius 2 is 2.00 bits per heavy atom. The maximum atomic E-state index is 12.6. The molecule has 0 radical (unpaired) electrons. The Morgan fingerprint density at radius 1 is 1.17 bits per heavy atom. The van der Waals surface area contributed by atoms with Gasteiger partial charge in [0, 0.05) is 18.5 Å². The van der Waals surface area contributed by atoms with Crippen LogP contribution in [-0.2, 0) is 38.4 Å². The molecule has 0 atom stereocenters. The highest BCUT2D eigenvalue weighted by atomic mass is 32.2. The number of nitrogens with one attached hydrogen (secondary N) is 1. The SMILES string of the molecule is CCOC(=O)c1c(NC(=O)CSCC(=O)N=c2sc3ccccc3n2CCOC)sc2c1CCC2. The summed E-state index contributed by atoms with van der Waals surface area (Å²) in [5.74, 6) is -0.790. The van der Waals surface area contributed by atoms with Crippen molar-refractivity contribution in [3.63, 3.8) is 0 Å². The first-order chi connectivity index (χ1) is 17.0. The number of nitrogens with zero attached hydrogens (tertiary/aromatic N) is 2. The molecule has 0 spiro atoms. The summed E-state index contributed by atoms with van der Waals surface area (Å²) in [6.45, 7) is 3.15. The number of rotatable bonds is 10. The summed E-state index contributed by atoms with van der Waals surface area (Å²) < 4.78 is 13.4. The molecule has 2 aromatic heterocycles. The molecule has 2 amide bonds. The second-order valence-corrected chi connectivity index (χ2v) is 10.9. The second-order valence-electron chi connectivity index (χ2n) is 7.83. The Hall–Kier alpha value is -2.47. The molecule has 0 fully saturated rings. The lowest BCUT2D eigenvalue weighted by Crippen LogP contribution is -2.20. The third-order valence-electron chi connectivity index (χ3n) is 5.44. The molecular weight excluding hydrogens is 506 g/mol. The van der Waals surface area contributed by atoms with Gasteiger partial charge in [0.2, 0.25) is 5.91 Å². The van der Waals surface area contributed by atoms with Crippen LogP contribution in [0.4, 0.5) is 5.00 Å². The van der Waals surface area contributed by atoms with Crippen molar-refractivity contribution in [2.45, 2.75) is 32.7 Å². The molecule has 0 bridgehead atoms. The number of thioether (sulfide) groups is 1. The maximum absolute atomic E-state index is 12.6. The predicted molar refractivity (Wildman–Crippen MR) is 141 cm³/mol. The number of hydrogen-bond donors (Lipinski definition) is 1. The molecule has 0 unspecified atom stereocenters. The molecule has 0 saturated heterocycles. The summed E-state index contributed by atoms with van der Waals surface area (Å²) in [6.07, 6.45) is 2.74. The van der Waals surface area contributed by atoms with Gasteiger partial charge in [0.1, 0.15) is 5.00 Å². The smallest absolute Gasteiger partial charge is 0.341 e. The summed E-state index contributed by atoms with van der Waals surface area (Å²) >= 11 is 4.09. The van der Waals surface area contributed by atoms with Crippen LogP contribution in [0.5, 0.6) is 0 Å². The lowest BCUT2D eigenvalue weighted by atomic mass is 10.1. The highest BCUT2D eigenvalue weighted by Crippen LogP contribution is 2.39. The lowest BCUT2D eigenvalue weighted by Gasteiger charge is -2.07. The van der Waals surface area contributed by atoms with E-state index in [0.29, 0.717) is 28.5 Å². The Balaban J connectivity index is 1.38. The molecule has 1 aromatic carbocycles. The number of fused-ring (bicyclic) bond motifs is 2. The topological polar surface area (TPSA) is 99.0 Å². The van der Waals surface area contributed by atoms with Crippen LogP contribution in [0.2, 0.25) is 0 Å². The van der Waals surface area contributed by atoms with Crippen LogP contribution >= 0.6 is 34.4 Å². The van der Waals surface area contributed by atoms with E-state index in [-0.39, 0.29) is 29.9 Å². The Bertz CT molecular complexity index is 1310. The number of aryl methyl sites for hydroxylation is 1. The van der Waals surface area contributed by atoms with Crippen molar-refractivity contribution in [3.8, 4) is 0 Å². The summed E-state index contributed by atoms with van der Waals surface area (Å²) in [7, 11) is 1.64. The number of carbonyl (C=O) groups is 3. The first-order valence-corrected chi connectivity index (χ1v) is 14.1. The monoisotopic (exact) mass is 533 g/mol. The number of benzene rings is 1. The van der Waals surface area contributed by atoms with E-state index >= 15 is 0 Å². The van der Waals surface area contributed by atoms with Gasteiger partial charge in [-0.3, -0.25) is 9.59 Å². The number of ether oxygens (including phenoxy) is 2. The van der Waals surface area contributed by atoms with E-state index in [1.807, 2.05) is 28.8 Å². The zero-order chi connectivity index (χ0) is 24.8. The Kier molecular flexibility index (Phi) is 8.77. The first kappa shape index (κ1) is 25.6. The van der Waals surface area contributed by atoms with Crippen molar-refractivity contribution in [2.24, 2.45) is 4.99 Å². The minimum atomic E-state index is -0.394. The number of esters is 1. The Morgan fingerprint density at radius 3 is 2.80 bits per heavy atom. The van der Waals surface area contributed by atoms with Crippen molar-refractivity contribution in [3.05, 3.63) is 45.1 Å². The molecule has 0 saturated carbocycles. The van der Waals surface area contributed by atoms with E-state index in [9.17, 15) is 14.4 Å². The fraction of sp³-hybridized carbons (Fsp3) is 0.417. The largest absolute Gasteiger partial charge is 0.462 e. The van der Waals surface area contributed by atoms with Gasteiger partial charge in [-0.2, -0.15) is 4.99 Å². The maximum Gasteiger partial charge on any atom is 0.341 e. The van der Waals surface area contributed by atoms with Gasteiger partial charge in [0.25, 0.3) is 5.91 Å². The lowest BCUT2D eigenvalue weighted by molar-refractivity contribution is -0.115. The van der Waals surface area contributed by atoms with E-state index in [4.69, 9.17) is 9.47 Å². The number of thiophene rings is 1. The van der Waals surface area contributed by atoms with Crippen molar-refractivity contribution >= 4 is 67.4 Å². The normalized spacial score (nSPS) is 13.3. The number of hydrogen-bond acceptors (Lipinski definition) is 8. The van der Waals surface area contributed by atoms with E-state index in [1.165, 1.54) is 34.4 Å². The van der Waals surface area contributed by atoms with Crippen molar-refractivity contribution in [2.75, 3.05) is 37.1 Å². The van der Waals surface area contributed by atoms with Gasteiger partial charge in [0.05, 0.1) is 40.5 Å². The van der Waals surface area contributed by atoms with E-state index < -0.39 is 5.97 Å². The molecule has 1 aliphatic carbocycles. The van der Waals surface area contributed by atoms with E-state index in [1.54, 1.807) is 14.0 Å². The quantitative estimate of drug-likeness (QED) is 0.397. The van der Waals surface area contributed by atoms with Gasteiger partial charge in [-0.15, -0.1) is 23.1 Å². The highest BCUT2D eigenvalue weighted by Gasteiger charge is 2.28. The number of anilines is 1. The van der Waals surface area contributed by atoms with Crippen LogP contribution in [-0.4, -0.2) is 54.2 Å². The number of aromatic nitrogens is 1. The van der Waals surface area contributed by atoms with Gasteiger partial charge in [-0.05, 0) is 43.9 Å². The highest BCUT2D eigenvalue weighted by molar-refractivity contribution is 8.00.